The Bertz CT molecular complexity index is 537. The van der Waals surface area contributed by atoms with E-state index in [1.165, 1.54) is 17.7 Å². The smallest absolute Gasteiger partial charge is 0.269 e. The lowest BCUT2D eigenvalue weighted by Gasteiger charge is -2.04. The van der Waals surface area contributed by atoms with E-state index in [0.29, 0.717) is 13.2 Å². The lowest BCUT2D eigenvalue weighted by Crippen LogP contribution is -1.98. The normalized spacial score (nSPS) is 10.4. The SMILES string of the molecule is O=[N+]([O-])c1ccc(COCCCc2ccccc2)cc1. The molecule has 0 bridgehead atoms. The highest BCUT2D eigenvalue weighted by Crippen LogP contribution is 2.12. The third-order valence-corrected chi connectivity index (χ3v) is 3.01. The van der Waals surface area contributed by atoms with Gasteiger partial charge in [-0.05, 0) is 36.1 Å². The van der Waals surface area contributed by atoms with Gasteiger partial charge in [0.2, 0.25) is 0 Å². The van der Waals surface area contributed by atoms with Crippen molar-refractivity contribution >= 4 is 5.69 Å². The molecule has 4 nitrogen and oxygen atoms in total. The van der Waals surface area contributed by atoms with Crippen LogP contribution in [-0.4, -0.2) is 11.5 Å². The molecular weight excluding hydrogens is 254 g/mol. The molecule has 0 radical (unpaired) electrons. The van der Waals surface area contributed by atoms with Gasteiger partial charge in [0, 0.05) is 18.7 Å². The quantitative estimate of drug-likeness (QED) is 0.438. The van der Waals surface area contributed by atoms with Crippen LogP contribution in [0.25, 0.3) is 0 Å². The Morgan fingerprint density at radius 3 is 2.30 bits per heavy atom. The molecule has 0 aromatic heterocycles. The Balaban J connectivity index is 1.67. The number of nitrogens with zero attached hydrogens (tertiary/aromatic N) is 1. The largest absolute Gasteiger partial charge is 0.377 e. The van der Waals surface area contributed by atoms with Crippen molar-refractivity contribution in [3.05, 3.63) is 75.8 Å². The molecule has 2 rings (SSSR count). The minimum atomic E-state index is -0.398. The third kappa shape index (κ3) is 4.48. The molecule has 0 aliphatic rings. The second kappa shape index (κ2) is 7.40. The van der Waals surface area contributed by atoms with Gasteiger partial charge in [-0.1, -0.05) is 30.3 Å². The fourth-order valence-corrected chi connectivity index (χ4v) is 1.93. The van der Waals surface area contributed by atoms with Gasteiger partial charge in [0.15, 0.2) is 0 Å². The molecule has 0 atom stereocenters. The molecule has 0 saturated carbocycles. The van der Waals surface area contributed by atoms with Crippen LogP contribution in [0.2, 0.25) is 0 Å². The van der Waals surface area contributed by atoms with E-state index in [2.05, 4.69) is 12.1 Å². The molecule has 20 heavy (non-hydrogen) atoms. The van der Waals surface area contributed by atoms with Crippen molar-refractivity contribution < 1.29 is 9.66 Å². The van der Waals surface area contributed by atoms with Crippen molar-refractivity contribution in [2.45, 2.75) is 19.4 Å². The molecule has 0 spiro atoms. The molecule has 0 amide bonds. The highest BCUT2D eigenvalue weighted by Gasteiger charge is 2.03. The number of rotatable bonds is 7. The Morgan fingerprint density at radius 2 is 1.65 bits per heavy atom. The third-order valence-electron chi connectivity index (χ3n) is 3.01. The van der Waals surface area contributed by atoms with Crippen LogP contribution in [0.3, 0.4) is 0 Å². The fraction of sp³-hybridized carbons (Fsp3) is 0.250. The number of ether oxygens (including phenoxy) is 1. The van der Waals surface area contributed by atoms with E-state index in [0.717, 1.165) is 18.4 Å². The maximum atomic E-state index is 10.5. The lowest BCUT2D eigenvalue weighted by molar-refractivity contribution is -0.384. The van der Waals surface area contributed by atoms with Gasteiger partial charge in [0.05, 0.1) is 11.5 Å². The van der Waals surface area contributed by atoms with Gasteiger partial charge in [-0.25, -0.2) is 0 Å². The van der Waals surface area contributed by atoms with E-state index in [1.54, 1.807) is 12.1 Å². The average Bonchev–Trinajstić information content (AvgIpc) is 2.48. The van der Waals surface area contributed by atoms with Gasteiger partial charge in [-0.2, -0.15) is 0 Å². The summed E-state index contributed by atoms with van der Waals surface area (Å²) in [6, 6.07) is 16.8. The maximum absolute atomic E-state index is 10.5. The van der Waals surface area contributed by atoms with Crippen LogP contribution < -0.4 is 0 Å². The molecule has 0 aliphatic heterocycles. The number of hydrogen-bond acceptors (Lipinski definition) is 3. The summed E-state index contributed by atoms with van der Waals surface area (Å²) in [5.74, 6) is 0. The first-order valence-electron chi connectivity index (χ1n) is 6.61. The van der Waals surface area contributed by atoms with Gasteiger partial charge in [-0.3, -0.25) is 10.1 Å². The van der Waals surface area contributed by atoms with Crippen LogP contribution in [0.1, 0.15) is 17.5 Å². The Hall–Kier alpha value is -2.20. The summed E-state index contributed by atoms with van der Waals surface area (Å²) < 4.78 is 5.57. The van der Waals surface area contributed by atoms with E-state index in [-0.39, 0.29) is 5.69 Å². The monoisotopic (exact) mass is 271 g/mol. The zero-order chi connectivity index (χ0) is 14.2. The number of hydrogen-bond donors (Lipinski definition) is 0. The van der Waals surface area contributed by atoms with Crippen molar-refractivity contribution in [1.29, 1.82) is 0 Å². The molecule has 0 saturated heterocycles. The predicted molar refractivity (Wildman–Crippen MR) is 77.5 cm³/mol. The first kappa shape index (κ1) is 14.2. The molecule has 0 aliphatic carbocycles. The summed E-state index contributed by atoms with van der Waals surface area (Å²) in [6.45, 7) is 1.18. The second-order valence-electron chi connectivity index (χ2n) is 4.57. The van der Waals surface area contributed by atoms with E-state index in [1.807, 2.05) is 18.2 Å². The average molecular weight is 271 g/mol. The first-order valence-corrected chi connectivity index (χ1v) is 6.61. The van der Waals surface area contributed by atoms with Gasteiger partial charge in [0.25, 0.3) is 5.69 Å². The summed E-state index contributed by atoms with van der Waals surface area (Å²) in [7, 11) is 0. The standard InChI is InChI=1S/C16H17NO3/c18-17(19)16-10-8-15(9-11-16)13-20-12-4-7-14-5-2-1-3-6-14/h1-3,5-6,8-11H,4,7,12-13H2. The van der Waals surface area contributed by atoms with E-state index in [9.17, 15) is 10.1 Å². The van der Waals surface area contributed by atoms with Crippen LogP contribution in [-0.2, 0) is 17.8 Å². The van der Waals surface area contributed by atoms with Crippen molar-refractivity contribution in [2.75, 3.05) is 6.61 Å². The number of aryl methyl sites for hydroxylation is 1. The number of benzene rings is 2. The minimum absolute atomic E-state index is 0.109. The zero-order valence-electron chi connectivity index (χ0n) is 11.2. The Morgan fingerprint density at radius 1 is 0.950 bits per heavy atom. The number of nitro groups is 1. The van der Waals surface area contributed by atoms with Crippen molar-refractivity contribution in [1.82, 2.24) is 0 Å². The highest BCUT2D eigenvalue weighted by molar-refractivity contribution is 5.32. The molecule has 2 aromatic rings. The van der Waals surface area contributed by atoms with Gasteiger partial charge < -0.3 is 4.74 Å². The summed E-state index contributed by atoms with van der Waals surface area (Å²) >= 11 is 0. The molecule has 2 aromatic carbocycles. The predicted octanol–water partition coefficient (Wildman–Crippen LogP) is 3.74. The summed E-state index contributed by atoms with van der Waals surface area (Å²) in [6.07, 6.45) is 1.97. The Kier molecular flexibility index (Phi) is 5.26. The molecule has 0 unspecified atom stereocenters. The topological polar surface area (TPSA) is 52.4 Å². The van der Waals surface area contributed by atoms with E-state index in [4.69, 9.17) is 4.74 Å². The van der Waals surface area contributed by atoms with Crippen molar-refractivity contribution in [3.63, 3.8) is 0 Å². The number of nitro benzene ring substituents is 1. The molecule has 0 fully saturated rings. The van der Waals surface area contributed by atoms with Crippen LogP contribution in [0.4, 0.5) is 5.69 Å². The summed E-state index contributed by atoms with van der Waals surface area (Å²) in [5.41, 5.74) is 2.37. The fourth-order valence-electron chi connectivity index (χ4n) is 1.93. The van der Waals surface area contributed by atoms with Gasteiger partial charge >= 0.3 is 0 Å². The van der Waals surface area contributed by atoms with Crippen LogP contribution in [0.5, 0.6) is 0 Å². The molecule has 0 heterocycles. The molecule has 0 N–H and O–H groups in total. The van der Waals surface area contributed by atoms with Gasteiger partial charge in [0.1, 0.15) is 0 Å². The van der Waals surface area contributed by atoms with Crippen molar-refractivity contribution in [3.8, 4) is 0 Å². The van der Waals surface area contributed by atoms with Gasteiger partial charge in [-0.15, -0.1) is 0 Å². The summed E-state index contributed by atoms with van der Waals surface area (Å²) in [5, 5.41) is 10.5. The Labute approximate surface area is 118 Å². The summed E-state index contributed by atoms with van der Waals surface area (Å²) in [4.78, 5) is 10.1. The number of non-ortho nitro benzene ring substituents is 1. The van der Waals surface area contributed by atoms with Crippen molar-refractivity contribution in [2.24, 2.45) is 0 Å². The maximum Gasteiger partial charge on any atom is 0.269 e. The lowest BCUT2D eigenvalue weighted by atomic mass is 10.1. The first-order chi connectivity index (χ1) is 9.75. The van der Waals surface area contributed by atoms with Crippen LogP contribution >= 0.6 is 0 Å². The molecular formula is C16H17NO3. The zero-order valence-corrected chi connectivity index (χ0v) is 11.2. The minimum Gasteiger partial charge on any atom is -0.377 e. The molecule has 104 valence electrons. The molecule has 4 heteroatoms. The highest BCUT2D eigenvalue weighted by atomic mass is 16.6. The second-order valence-corrected chi connectivity index (χ2v) is 4.57. The van der Waals surface area contributed by atoms with Crippen LogP contribution in [0.15, 0.2) is 54.6 Å². The van der Waals surface area contributed by atoms with Crippen LogP contribution in [0, 0.1) is 10.1 Å². The van der Waals surface area contributed by atoms with E-state index >= 15 is 0 Å². The van der Waals surface area contributed by atoms with E-state index < -0.39 is 4.92 Å².